The number of amides is 1. The average Bonchev–Trinajstić information content (AvgIpc) is 3.78. The second-order valence-electron chi connectivity index (χ2n) is 12.4. The SMILES string of the molecule is O=C(CCc1ccc2n1[B-](F)(F)[N+]1=C(/C=C/C=C/c3ccccc3)C=CC1=C2)NCC[P+](c1ccccc1)(c1ccccc1)c1ccccc1.[Br-]. The van der Waals surface area contributed by atoms with Crippen LogP contribution < -0.4 is 38.2 Å². The maximum atomic E-state index is 16.3. The van der Waals surface area contributed by atoms with Crippen LogP contribution in [-0.4, -0.2) is 40.3 Å². The lowest BCUT2D eigenvalue weighted by molar-refractivity contribution is -0.360. The molecule has 0 atom stereocenters. The van der Waals surface area contributed by atoms with Gasteiger partial charge in [-0.15, -0.1) is 0 Å². The van der Waals surface area contributed by atoms with E-state index in [1.807, 2.05) is 60.7 Å². The number of nitrogens with zero attached hydrogens (tertiary/aromatic N) is 2. The quantitative estimate of drug-likeness (QED) is 0.114. The number of fused-ring (bicyclic) bond motifs is 2. The molecule has 0 bridgehead atoms. The summed E-state index contributed by atoms with van der Waals surface area (Å²) in [6.07, 6.45) is 13.5. The topological polar surface area (TPSA) is 37.0 Å². The molecule has 0 spiro atoms. The summed E-state index contributed by atoms with van der Waals surface area (Å²) in [5, 5.41) is 6.88. The van der Waals surface area contributed by atoms with E-state index in [1.165, 1.54) is 15.9 Å². The Morgan fingerprint density at radius 2 is 1.27 bits per heavy atom. The Balaban J connectivity index is 0.00000448. The predicted octanol–water partition coefficient (Wildman–Crippen LogP) is 4.41. The number of halogens is 3. The van der Waals surface area contributed by atoms with Crippen molar-refractivity contribution in [1.29, 1.82) is 0 Å². The van der Waals surface area contributed by atoms with Gasteiger partial charge in [0.2, 0.25) is 5.91 Å². The van der Waals surface area contributed by atoms with E-state index in [1.54, 1.807) is 42.5 Å². The van der Waals surface area contributed by atoms with E-state index in [4.69, 9.17) is 0 Å². The molecule has 3 heterocycles. The summed E-state index contributed by atoms with van der Waals surface area (Å²) in [7, 11) is -2.10. The van der Waals surface area contributed by atoms with E-state index >= 15 is 8.63 Å². The summed E-state index contributed by atoms with van der Waals surface area (Å²) in [4.78, 5) is 13.3. The van der Waals surface area contributed by atoms with Crippen molar-refractivity contribution < 1.29 is 34.9 Å². The minimum atomic E-state index is -4.17. The van der Waals surface area contributed by atoms with Gasteiger partial charge >= 0.3 is 6.97 Å². The number of carbonyl (C=O) groups excluding carboxylic acids is 1. The van der Waals surface area contributed by atoms with Crippen LogP contribution in [0.25, 0.3) is 12.2 Å². The largest absolute Gasteiger partial charge is 1.00 e. The van der Waals surface area contributed by atoms with Gasteiger partial charge < -0.3 is 39.9 Å². The Morgan fingerprint density at radius 3 is 1.86 bits per heavy atom. The van der Waals surface area contributed by atoms with Gasteiger partial charge in [-0.1, -0.05) is 103 Å². The summed E-state index contributed by atoms with van der Waals surface area (Å²) in [6, 6.07) is 44.9. The lowest BCUT2D eigenvalue weighted by atomic mass is 9.90. The van der Waals surface area contributed by atoms with E-state index in [-0.39, 0.29) is 35.7 Å². The zero-order chi connectivity index (χ0) is 34.4. The molecule has 0 unspecified atom stereocenters. The molecule has 9 heteroatoms. The molecular formula is C42H38BBrF2N3OP. The number of nitrogens with one attached hydrogen (secondary N) is 1. The van der Waals surface area contributed by atoms with Gasteiger partial charge in [-0.3, -0.25) is 4.79 Å². The molecular weight excluding hydrogens is 722 g/mol. The highest BCUT2D eigenvalue weighted by atomic mass is 79.9. The Bertz CT molecular complexity index is 2030. The first-order chi connectivity index (χ1) is 24.5. The average molecular weight is 760 g/mol. The Hall–Kier alpha value is -4.91. The Morgan fingerprint density at radius 1 is 0.725 bits per heavy atom. The highest BCUT2D eigenvalue weighted by Gasteiger charge is 2.52. The molecule has 0 radical (unpaired) electrons. The number of hydrogen-bond donors (Lipinski definition) is 1. The summed E-state index contributed by atoms with van der Waals surface area (Å²) in [5.74, 6) is -0.154. The molecule has 0 saturated heterocycles. The van der Waals surface area contributed by atoms with Crippen LogP contribution in [0.15, 0.2) is 170 Å². The smallest absolute Gasteiger partial charge is 0.737 e. The molecule has 256 valence electrons. The zero-order valence-electron chi connectivity index (χ0n) is 28.0. The van der Waals surface area contributed by atoms with E-state index in [0.29, 0.717) is 29.3 Å². The molecule has 2 aliphatic rings. The summed E-state index contributed by atoms with van der Waals surface area (Å²) in [5.41, 5.74) is 2.79. The first-order valence-corrected chi connectivity index (χ1v) is 18.9. The molecule has 5 aromatic rings. The van der Waals surface area contributed by atoms with Crippen LogP contribution in [0, 0.1) is 0 Å². The summed E-state index contributed by atoms with van der Waals surface area (Å²) >= 11 is 0. The minimum Gasteiger partial charge on any atom is -1.00 e. The van der Waals surface area contributed by atoms with Crippen LogP contribution in [0.2, 0.25) is 0 Å². The zero-order valence-corrected chi connectivity index (χ0v) is 30.5. The fraction of sp³-hybridized carbons (Fsp3) is 0.0952. The molecule has 0 aliphatic carbocycles. The number of rotatable bonds is 12. The summed E-state index contributed by atoms with van der Waals surface area (Å²) < 4.78 is 34.9. The van der Waals surface area contributed by atoms with Gasteiger partial charge in [0.25, 0.3) is 0 Å². The van der Waals surface area contributed by atoms with Gasteiger partial charge in [0.15, 0.2) is 11.4 Å². The fourth-order valence-corrected chi connectivity index (χ4v) is 11.2. The standard InChI is InChI=1S/C42H37BF2N3OP.BrH/c44-43(45)47-35(18-14-13-17-34-15-5-1-6-16-34)25-27-37(47)33-38-28-26-36(48(38)43)29-30-42(49)46-31-32-50(39-19-7-2-8-20-39,40-21-9-3-10-22-40)41-23-11-4-12-24-41;/h1-28,33H,29-32H2;1H/b17-13+,18-14+;. The van der Waals surface area contributed by atoms with Crippen LogP contribution in [0.1, 0.15) is 23.4 Å². The van der Waals surface area contributed by atoms with Gasteiger partial charge in [-0.05, 0) is 66.2 Å². The molecule has 51 heavy (non-hydrogen) atoms. The number of aryl methyl sites for hydroxylation is 1. The van der Waals surface area contributed by atoms with Crippen LogP contribution >= 0.6 is 7.26 Å². The number of aromatic nitrogens is 1. The third kappa shape index (κ3) is 7.44. The van der Waals surface area contributed by atoms with E-state index in [9.17, 15) is 4.79 Å². The highest BCUT2D eigenvalue weighted by Crippen LogP contribution is 2.54. The Kier molecular flexibility index (Phi) is 11.2. The molecule has 4 aromatic carbocycles. The predicted molar refractivity (Wildman–Crippen MR) is 206 cm³/mol. The molecule has 0 fully saturated rings. The van der Waals surface area contributed by atoms with Gasteiger partial charge in [-0.25, -0.2) is 0 Å². The lowest BCUT2D eigenvalue weighted by Crippen LogP contribution is -3.00. The third-order valence-electron chi connectivity index (χ3n) is 9.37. The highest BCUT2D eigenvalue weighted by molar-refractivity contribution is 7.95. The van der Waals surface area contributed by atoms with E-state index < -0.39 is 14.2 Å². The molecule has 1 aromatic heterocycles. The van der Waals surface area contributed by atoms with Gasteiger partial charge in [0.1, 0.15) is 23.2 Å². The maximum Gasteiger partial charge on any atom is 0.737 e. The van der Waals surface area contributed by atoms with Crippen molar-refractivity contribution in [3.05, 3.63) is 186 Å². The number of carbonyl (C=O) groups is 1. The van der Waals surface area contributed by atoms with Crippen molar-refractivity contribution in [2.24, 2.45) is 0 Å². The second kappa shape index (κ2) is 16.0. The lowest BCUT2D eigenvalue weighted by Gasteiger charge is -2.30. The number of hydrogen-bond acceptors (Lipinski definition) is 1. The first kappa shape index (κ1) is 35.9. The van der Waals surface area contributed by atoms with Crippen LogP contribution in [0.5, 0.6) is 0 Å². The fourth-order valence-electron chi connectivity index (χ4n) is 7.03. The Labute approximate surface area is 309 Å². The maximum absolute atomic E-state index is 16.3. The van der Waals surface area contributed by atoms with Crippen molar-refractivity contribution >= 4 is 53.9 Å². The van der Waals surface area contributed by atoms with Crippen molar-refractivity contribution in [2.45, 2.75) is 12.8 Å². The molecule has 7 rings (SSSR count). The minimum absolute atomic E-state index is 0. The van der Waals surface area contributed by atoms with Crippen LogP contribution in [0.4, 0.5) is 8.63 Å². The molecule has 0 saturated carbocycles. The molecule has 1 amide bonds. The first-order valence-electron chi connectivity index (χ1n) is 17.0. The van der Waals surface area contributed by atoms with Crippen molar-refractivity contribution in [2.75, 3.05) is 12.7 Å². The third-order valence-corrected chi connectivity index (χ3v) is 13.8. The second-order valence-corrected chi connectivity index (χ2v) is 16.0. The van der Waals surface area contributed by atoms with Crippen molar-refractivity contribution in [3.63, 3.8) is 0 Å². The monoisotopic (exact) mass is 759 g/mol. The van der Waals surface area contributed by atoms with Gasteiger partial charge in [0, 0.05) is 36.4 Å². The number of allylic oxidation sites excluding steroid dienone is 5. The van der Waals surface area contributed by atoms with Crippen molar-refractivity contribution in [1.82, 2.24) is 9.79 Å². The van der Waals surface area contributed by atoms with Crippen molar-refractivity contribution in [3.8, 4) is 0 Å². The molecule has 4 nitrogen and oxygen atoms in total. The molecule has 2 aliphatic heterocycles. The van der Waals surface area contributed by atoms with Gasteiger partial charge in [-0.2, -0.15) is 0 Å². The normalized spacial score (nSPS) is 14.7. The molecule has 1 N–H and O–H groups in total. The van der Waals surface area contributed by atoms with Crippen LogP contribution in [-0.2, 0) is 11.2 Å². The number of benzene rings is 4. The summed E-state index contributed by atoms with van der Waals surface area (Å²) in [6.45, 7) is -3.70. The van der Waals surface area contributed by atoms with E-state index in [2.05, 4.69) is 78.1 Å². The van der Waals surface area contributed by atoms with Gasteiger partial charge in [0.05, 0.1) is 12.7 Å². The van der Waals surface area contributed by atoms with Crippen LogP contribution in [0.3, 0.4) is 0 Å². The van der Waals surface area contributed by atoms with E-state index in [0.717, 1.165) is 20.7 Å².